The van der Waals surface area contributed by atoms with E-state index in [1.165, 1.54) is 0 Å². The van der Waals surface area contributed by atoms with Gasteiger partial charge in [0, 0.05) is 11.8 Å². The van der Waals surface area contributed by atoms with E-state index in [0.29, 0.717) is 12.8 Å². The third-order valence-corrected chi connectivity index (χ3v) is 5.31. The summed E-state index contributed by atoms with van der Waals surface area (Å²) in [6.07, 6.45) is 0.0454. The maximum absolute atomic E-state index is 12.8. The Kier molecular flexibility index (Phi) is 4.43. The molecule has 1 saturated heterocycles. The minimum absolute atomic E-state index is 0.0708. The van der Waals surface area contributed by atoms with Gasteiger partial charge >= 0.3 is 6.18 Å². The Morgan fingerprint density at radius 3 is 2.16 bits per heavy atom. The highest BCUT2D eigenvalue weighted by Gasteiger charge is 2.51. The number of alkyl halides is 3. The van der Waals surface area contributed by atoms with E-state index in [-0.39, 0.29) is 12.1 Å². The summed E-state index contributed by atoms with van der Waals surface area (Å²) in [6.45, 7) is 0. The number of hydrogen-bond donors (Lipinski definition) is 0. The summed E-state index contributed by atoms with van der Waals surface area (Å²) in [6, 6.07) is 3.93. The van der Waals surface area contributed by atoms with E-state index >= 15 is 0 Å². The number of carbonyl (C=O) groups is 3. The first-order valence-corrected chi connectivity index (χ1v) is 8.29. The fourth-order valence-electron chi connectivity index (χ4n) is 3.91. The molecule has 1 aliphatic carbocycles. The quantitative estimate of drug-likeness (QED) is 0.614. The first-order chi connectivity index (χ1) is 11.8. The third-order valence-electron chi connectivity index (χ3n) is 5.31. The van der Waals surface area contributed by atoms with E-state index in [9.17, 15) is 27.6 Å². The monoisotopic (exact) mass is 353 g/mol. The molecule has 0 N–H and O–H groups in total. The van der Waals surface area contributed by atoms with Crippen molar-refractivity contribution >= 4 is 23.8 Å². The number of amides is 2. The number of carbonyl (C=O) groups excluding carboxylic acids is 3. The van der Waals surface area contributed by atoms with E-state index in [0.717, 1.165) is 54.7 Å². The molecule has 0 radical (unpaired) electrons. The van der Waals surface area contributed by atoms with Crippen molar-refractivity contribution in [3.05, 3.63) is 29.8 Å². The van der Waals surface area contributed by atoms with Gasteiger partial charge in [0.05, 0.1) is 17.2 Å². The van der Waals surface area contributed by atoms with Gasteiger partial charge in [-0.1, -0.05) is 19.3 Å². The van der Waals surface area contributed by atoms with E-state index in [2.05, 4.69) is 0 Å². The second kappa shape index (κ2) is 6.28. The van der Waals surface area contributed by atoms with Gasteiger partial charge < -0.3 is 4.79 Å². The Morgan fingerprint density at radius 1 is 1.04 bits per heavy atom. The fraction of sp³-hybridized carbons (Fsp3) is 0.500. The molecule has 7 heteroatoms. The summed E-state index contributed by atoms with van der Waals surface area (Å²) in [5.74, 6) is -1.68. The van der Waals surface area contributed by atoms with Gasteiger partial charge in [-0.05, 0) is 37.1 Å². The highest BCUT2D eigenvalue weighted by atomic mass is 19.4. The Balaban J connectivity index is 1.87. The zero-order chi connectivity index (χ0) is 18.2. The lowest BCUT2D eigenvalue weighted by Gasteiger charge is -2.35. The molecule has 134 valence electrons. The highest BCUT2D eigenvalue weighted by molar-refractivity contribution is 6.21. The van der Waals surface area contributed by atoms with Crippen molar-refractivity contribution in [3.63, 3.8) is 0 Å². The second-order valence-corrected chi connectivity index (χ2v) is 6.78. The number of anilines is 1. The molecular weight excluding hydrogens is 335 g/mol. The molecule has 0 unspecified atom stereocenters. The lowest BCUT2D eigenvalue weighted by atomic mass is 9.66. The van der Waals surface area contributed by atoms with Crippen LogP contribution in [0.15, 0.2) is 24.3 Å². The minimum Gasteiger partial charge on any atom is -0.303 e. The average molecular weight is 353 g/mol. The fourth-order valence-corrected chi connectivity index (χ4v) is 3.91. The van der Waals surface area contributed by atoms with E-state index in [4.69, 9.17) is 0 Å². The molecule has 2 fully saturated rings. The molecule has 3 rings (SSSR count). The van der Waals surface area contributed by atoms with Gasteiger partial charge in [-0.3, -0.25) is 14.5 Å². The summed E-state index contributed by atoms with van der Waals surface area (Å²) in [4.78, 5) is 37.8. The number of aldehydes is 1. The Morgan fingerprint density at radius 2 is 1.64 bits per heavy atom. The van der Waals surface area contributed by atoms with Crippen molar-refractivity contribution in [2.45, 2.75) is 44.7 Å². The van der Waals surface area contributed by atoms with Crippen LogP contribution in [0.4, 0.5) is 18.9 Å². The third kappa shape index (κ3) is 3.07. The summed E-state index contributed by atoms with van der Waals surface area (Å²) in [5.41, 5.74) is -1.56. The first-order valence-electron chi connectivity index (χ1n) is 8.29. The molecule has 0 spiro atoms. The molecule has 0 bridgehead atoms. The van der Waals surface area contributed by atoms with Crippen LogP contribution in [-0.4, -0.2) is 18.1 Å². The van der Waals surface area contributed by atoms with Crippen LogP contribution in [-0.2, 0) is 20.6 Å². The SMILES string of the molecule is O=CC1([C@H]2CC(=O)N(c3ccc(C(F)(F)F)cc3)C2=O)CCCCC1. The van der Waals surface area contributed by atoms with Crippen LogP contribution in [0.25, 0.3) is 0 Å². The van der Waals surface area contributed by atoms with Crippen molar-refractivity contribution in [1.29, 1.82) is 0 Å². The van der Waals surface area contributed by atoms with Crippen LogP contribution in [0.3, 0.4) is 0 Å². The van der Waals surface area contributed by atoms with E-state index in [1.54, 1.807) is 0 Å². The van der Waals surface area contributed by atoms with Gasteiger partial charge in [-0.15, -0.1) is 0 Å². The van der Waals surface area contributed by atoms with Gasteiger partial charge in [-0.25, -0.2) is 0 Å². The van der Waals surface area contributed by atoms with Gasteiger partial charge in [0.1, 0.15) is 6.29 Å². The molecule has 0 aromatic heterocycles. The lowest BCUT2D eigenvalue weighted by molar-refractivity contribution is -0.137. The second-order valence-electron chi connectivity index (χ2n) is 6.78. The zero-order valence-corrected chi connectivity index (χ0v) is 13.5. The predicted molar refractivity (Wildman–Crippen MR) is 83.6 cm³/mol. The summed E-state index contributed by atoms with van der Waals surface area (Å²) < 4.78 is 38.0. The number of rotatable bonds is 3. The van der Waals surface area contributed by atoms with Crippen LogP contribution >= 0.6 is 0 Å². The van der Waals surface area contributed by atoms with Crippen molar-refractivity contribution in [3.8, 4) is 0 Å². The van der Waals surface area contributed by atoms with Crippen LogP contribution in [0.1, 0.15) is 44.1 Å². The Labute approximate surface area is 143 Å². The molecule has 2 aliphatic rings. The van der Waals surface area contributed by atoms with Gasteiger partial charge in [-0.2, -0.15) is 13.2 Å². The molecule has 1 aromatic rings. The van der Waals surface area contributed by atoms with Gasteiger partial charge in [0.25, 0.3) is 0 Å². The van der Waals surface area contributed by atoms with Crippen LogP contribution in [0.5, 0.6) is 0 Å². The first kappa shape index (κ1) is 17.6. The number of halogens is 3. The zero-order valence-electron chi connectivity index (χ0n) is 13.5. The van der Waals surface area contributed by atoms with E-state index < -0.39 is 34.9 Å². The van der Waals surface area contributed by atoms with Crippen molar-refractivity contribution in [2.75, 3.05) is 4.90 Å². The lowest BCUT2D eigenvalue weighted by Crippen LogP contribution is -2.40. The standard InChI is InChI=1S/C18H18F3NO3/c19-18(20,21)12-4-6-13(7-5-12)22-15(24)10-14(16(22)25)17(11-23)8-2-1-3-9-17/h4-7,11,14H,1-3,8-10H2/t14-/m0/s1. The topological polar surface area (TPSA) is 54.5 Å². The number of nitrogens with zero attached hydrogens (tertiary/aromatic N) is 1. The molecule has 2 amide bonds. The van der Waals surface area contributed by atoms with Gasteiger partial charge in [0.15, 0.2) is 0 Å². The number of benzene rings is 1. The van der Waals surface area contributed by atoms with Crippen LogP contribution < -0.4 is 4.90 Å². The normalized spacial score (nSPS) is 23.8. The smallest absolute Gasteiger partial charge is 0.303 e. The Bertz CT molecular complexity index is 691. The average Bonchev–Trinajstić information content (AvgIpc) is 2.90. The molecule has 25 heavy (non-hydrogen) atoms. The van der Waals surface area contributed by atoms with Crippen LogP contribution in [0.2, 0.25) is 0 Å². The van der Waals surface area contributed by atoms with Crippen molar-refractivity contribution in [1.82, 2.24) is 0 Å². The van der Waals surface area contributed by atoms with Crippen molar-refractivity contribution < 1.29 is 27.6 Å². The maximum Gasteiger partial charge on any atom is 0.416 e. The Hall–Kier alpha value is -2.18. The van der Waals surface area contributed by atoms with E-state index in [1.807, 2.05) is 0 Å². The number of hydrogen-bond acceptors (Lipinski definition) is 3. The molecule has 4 nitrogen and oxygen atoms in total. The molecule has 1 aliphatic heterocycles. The predicted octanol–water partition coefficient (Wildman–Crippen LogP) is 3.73. The number of imide groups is 1. The summed E-state index contributed by atoms with van der Waals surface area (Å²) in [7, 11) is 0. The maximum atomic E-state index is 12.8. The summed E-state index contributed by atoms with van der Waals surface area (Å²) in [5, 5.41) is 0. The largest absolute Gasteiger partial charge is 0.416 e. The molecule has 1 heterocycles. The van der Waals surface area contributed by atoms with Crippen molar-refractivity contribution in [2.24, 2.45) is 11.3 Å². The van der Waals surface area contributed by atoms with Crippen LogP contribution in [0, 0.1) is 11.3 Å². The van der Waals surface area contributed by atoms with Gasteiger partial charge in [0.2, 0.25) is 11.8 Å². The molecular formula is C18H18F3NO3. The molecule has 1 saturated carbocycles. The minimum atomic E-state index is -4.48. The molecule has 1 aromatic carbocycles. The highest BCUT2D eigenvalue weighted by Crippen LogP contribution is 2.46. The summed E-state index contributed by atoms with van der Waals surface area (Å²) >= 11 is 0. The molecule has 1 atom stereocenters.